The average Bonchev–Trinajstić information content (AvgIpc) is 2.39. The summed E-state index contributed by atoms with van der Waals surface area (Å²) in [4.78, 5) is 0. The van der Waals surface area contributed by atoms with Gasteiger partial charge in [0.05, 0.1) is 0 Å². The number of rotatable bonds is 0. The van der Waals surface area contributed by atoms with Crippen molar-refractivity contribution in [1.82, 2.24) is 0 Å². The molecule has 0 nitrogen and oxygen atoms in total. The van der Waals surface area contributed by atoms with Crippen LogP contribution in [0.15, 0.2) is 48.5 Å². The van der Waals surface area contributed by atoms with Crippen LogP contribution in [-0.4, -0.2) is 12.4 Å². The molecular weight excluding hydrogens is 306 g/mol. The highest BCUT2D eigenvalue weighted by Gasteiger charge is 2.51. The van der Waals surface area contributed by atoms with Crippen LogP contribution in [0.3, 0.4) is 0 Å². The molecule has 0 radical (unpaired) electrons. The summed E-state index contributed by atoms with van der Waals surface area (Å²) in [6.45, 7) is 0. The van der Waals surface area contributed by atoms with E-state index in [1.54, 1.807) is 24.3 Å². The van der Waals surface area contributed by atoms with Crippen molar-refractivity contribution in [2.24, 2.45) is 0 Å². The normalized spacial score (nSPS) is 13.0. The molecule has 0 fully saturated rings. The monoisotopic (exact) mass is 314 g/mol. The summed E-state index contributed by atoms with van der Waals surface area (Å²) in [7, 11) is 0. The van der Waals surface area contributed by atoms with Gasteiger partial charge >= 0.3 is 12.4 Å². The highest BCUT2D eigenvalue weighted by molar-refractivity contribution is 6.10. The number of halogens is 6. The first-order valence-electron chi connectivity index (χ1n) is 6.28. The van der Waals surface area contributed by atoms with Crippen molar-refractivity contribution in [3.8, 4) is 0 Å². The van der Waals surface area contributed by atoms with Crippen molar-refractivity contribution >= 4 is 27.1 Å². The van der Waals surface area contributed by atoms with Gasteiger partial charge in [0.2, 0.25) is 0 Å². The van der Waals surface area contributed by atoms with Gasteiger partial charge in [-0.25, -0.2) is 0 Å². The molecule has 6 heteroatoms. The number of alkyl halides is 6. The lowest BCUT2D eigenvalue weighted by atomic mass is 9.97. The third-order valence-corrected chi connectivity index (χ3v) is 3.49. The lowest BCUT2D eigenvalue weighted by Crippen LogP contribution is -2.31. The van der Waals surface area contributed by atoms with E-state index in [2.05, 4.69) is 0 Å². The summed E-state index contributed by atoms with van der Waals surface area (Å²) in [5, 5.41) is 0.694. The van der Waals surface area contributed by atoms with Crippen LogP contribution in [0.4, 0.5) is 26.3 Å². The van der Waals surface area contributed by atoms with E-state index in [-0.39, 0.29) is 5.39 Å². The minimum Gasteiger partial charge on any atom is -0.166 e. The molecule has 0 heterocycles. The summed E-state index contributed by atoms with van der Waals surface area (Å²) in [5.41, 5.74) is -2.47. The molecule has 0 spiro atoms. The summed E-state index contributed by atoms with van der Waals surface area (Å²) in [6, 6.07) is 11.6. The fraction of sp³-hybridized carbons (Fsp3) is 0.125. The second-order valence-corrected chi connectivity index (χ2v) is 4.87. The third-order valence-electron chi connectivity index (χ3n) is 3.49. The van der Waals surface area contributed by atoms with Gasteiger partial charge in [0, 0.05) is 0 Å². The molecular formula is C16H8F6. The maximum atomic E-state index is 12.9. The van der Waals surface area contributed by atoms with Crippen molar-refractivity contribution in [2.75, 3.05) is 0 Å². The van der Waals surface area contributed by atoms with Gasteiger partial charge in [-0.2, -0.15) is 26.3 Å². The van der Waals surface area contributed by atoms with Gasteiger partial charge in [0.15, 0.2) is 0 Å². The van der Waals surface area contributed by atoms with Gasteiger partial charge < -0.3 is 0 Å². The molecule has 0 aliphatic rings. The Bertz CT molecular complexity index is 863. The molecule has 114 valence electrons. The zero-order chi connectivity index (χ0) is 16.1. The van der Waals surface area contributed by atoms with Crippen molar-refractivity contribution < 1.29 is 26.3 Å². The quantitative estimate of drug-likeness (QED) is 0.513. The van der Waals surface area contributed by atoms with E-state index in [0.717, 1.165) is 6.07 Å². The Morgan fingerprint density at radius 3 is 1.68 bits per heavy atom. The molecule has 3 aromatic rings. The summed E-state index contributed by atoms with van der Waals surface area (Å²) in [6.07, 6.45) is -11.0. The zero-order valence-electron chi connectivity index (χ0n) is 10.9. The van der Waals surface area contributed by atoms with Crippen molar-refractivity contribution in [1.29, 1.82) is 0 Å². The maximum Gasteiger partial charge on any atom is 0.421 e. The Hall–Kier alpha value is -2.24. The van der Waals surface area contributed by atoms with Crippen molar-refractivity contribution in [3.63, 3.8) is 0 Å². The van der Waals surface area contributed by atoms with Crippen molar-refractivity contribution in [3.05, 3.63) is 53.7 Å². The fourth-order valence-corrected chi connectivity index (χ4v) is 2.68. The Balaban J connectivity index is 2.61. The average molecular weight is 314 g/mol. The molecule has 3 rings (SSSR count). The molecule has 0 aliphatic heterocycles. The van der Waals surface area contributed by atoms with Gasteiger partial charge in [-0.1, -0.05) is 48.5 Å². The minimum absolute atomic E-state index is 0.0553. The van der Waals surface area contributed by atoms with Crippen LogP contribution >= 0.6 is 0 Å². The smallest absolute Gasteiger partial charge is 0.166 e. The van der Waals surface area contributed by atoms with Crippen molar-refractivity contribution in [2.45, 2.75) is 12.4 Å². The van der Waals surface area contributed by atoms with Crippen LogP contribution < -0.4 is 5.22 Å². The Morgan fingerprint density at radius 1 is 0.636 bits per heavy atom. The molecule has 0 bridgehead atoms. The van der Waals surface area contributed by atoms with Crippen LogP contribution in [0.1, 0.15) is 0 Å². The largest absolute Gasteiger partial charge is 0.421 e. The molecule has 0 N–H and O–H groups in total. The molecule has 0 unspecified atom stereocenters. The second kappa shape index (κ2) is 4.63. The second-order valence-electron chi connectivity index (χ2n) is 4.87. The SMILES string of the molecule is FC(F)(F)C(=c1ccc2cccc3cccc1c32)C(F)(F)F. The molecule has 0 aromatic heterocycles. The number of hydrogen-bond donors (Lipinski definition) is 0. The predicted octanol–water partition coefficient (Wildman–Crippen LogP) is 4.99. The van der Waals surface area contributed by atoms with E-state index in [1.165, 1.54) is 18.2 Å². The molecule has 0 aliphatic carbocycles. The zero-order valence-corrected chi connectivity index (χ0v) is 10.9. The molecule has 0 amide bonds. The van der Waals surface area contributed by atoms with E-state index in [4.69, 9.17) is 0 Å². The number of hydrogen-bond acceptors (Lipinski definition) is 0. The molecule has 3 aromatic carbocycles. The van der Waals surface area contributed by atoms with E-state index < -0.39 is 23.1 Å². The standard InChI is InChI=1S/C16H8F6/c17-15(18,19)14(16(20,21)22)12-8-7-10-4-1-3-9-5-2-6-11(12)13(9)10/h1-8H. The predicted molar refractivity (Wildman–Crippen MR) is 72.2 cm³/mol. The highest BCUT2D eigenvalue weighted by atomic mass is 19.4. The Kier molecular flexibility index (Phi) is 3.09. The van der Waals surface area contributed by atoms with Gasteiger partial charge in [-0.3, -0.25) is 0 Å². The minimum atomic E-state index is -5.48. The lowest BCUT2D eigenvalue weighted by Gasteiger charge is -2.16. The topological polar surface area (TPSA) is 0 Å². The third kappa shape index (κ3) is 2.28. The molecule has 22 heavy (non-hydrogen) atoms. The lowest BCUT2D eigenvalue weighted by molar-refractivity contribution is -0.138. The van der Waals surface area contributed by atoms with Crippen LogP contribution in [0.25, 0.3) is 27.1 Å². The van der Waals surface area contributed by atoms with Gasteiger partial charge in [-0.05, 0) is 26.8 Å². The molecule has 0 atom stereocenters. The van der Waals surface area contributed by atoms with Gasteiger partial charge in [-0.15, -0.1) is 0 Å². The van der Waals surface area contributed by atoms with E-state index >= 15 is 0 Å². The van der Waals surface area contributed by atoms with Crippen LogP contribution in [-0.2, 0) is 0 Å². The first-order chi connectivity index (χ1) is 10.2. The van der Waals surface area contributed by atoms with Gasteiger partial charge in [0.25, 0.3) is 0 Å². The molecule has 0 saturated heterocycles. The highest BCUT2D eigenvalue weighted by Crippen LogP contribution is 2.39. The Labute approximate surface area is 120 Å². The Morgan fingerprint density at radius 2 is 1.14 bits per heavy atom. The van der Waals surface area contributed by atoms with Gasteiger partial charge in [0.1, 0.15) is 5.57 Å². The van der Waals surface area contributed by atoms with E-state index in [0.29, 0.717) is 16.2 Å². The summed E-state index contributed by atoms with van der Waals surface area (Å²) in [5.74, 6) is 0. The van der Waals surface area contributed by atoms with E-state index in [9.17, 15) is 26.3 Å². The number of benzene rings is 3. The van der Waals surface area contributed by atoms with Crippen LogP contribution in [0.2, 0.25) is 0 Å². The van der Waals surface area contributed by atoms with Crippen LogP contribution in [0.5, 0.6) is 0 Å². The van der Waals surface area contributed by atoms with E-state index in [1.807, 2.05) is 0 Å². The first-order valence-corrected chi connectivity index (χ1v) is 6.28. The maximum absolute atomic E-state index is 12.9. The fourth-order valence-electron chi connectivity index (χ4n) is 2.68. The molecule has 0 saturated carbocycles. The summed E-state index contributed by atoms with van der Waals surface area (Å²) >= 11 is 0. The first kappa shape index (κ1) is 14.7. The summed E-state index contributed by atoms with van der Waals surface area (Å²) < 4.78 is 77.7. The van der Waals surface area contributed by atoms with Crippen LogP contribution in [0, 0.1) is 0 Å².